The highest BCUT2D eigenvalue weighted by atomic mass is 79.9. The third-order valence-corrected chi connectivity index (χ3v) is 3.27. The van der Waals surface area contributed by atoms with Crippen LogP contribution in [0.1, 0.15) is 12.8 Å². The molecule has 1 saturated carbocycles. The largest absolute Gasteiger partial charge is 0.379 e. The van der Waals surface area contributed by atoms with Crippen molar-refractivity contribution in [3.8, 4) is 0 Å². The van der Waals surface area contributed by atoms with Crippen molar-refractivity contribution >= 4 is 27.6 Å². The number of aromatic nitrogens is 2. The molecule has 0 atom stereocenters. The number of nitrogens with two attached hydrogens (primary N) is 1. The van der Waals surface area contributed by atoms with Crippen LogP contribution in [0.3, 0.4) is 0 Å². The van der Waals surface area contributed by atoms with Crippen LogP contribution in [-0.2, 0) is 4.74 Å². The van der Waals surface area contributed by atoms with Crippen molar-refractivity contribution in [2.45, 2.75) is 12.8 Å². The first-order valence-corrected chi connectivity index (χ1v) is 6.39. The fourth-order valence-electron chi connectivity index (χ4n) is 1.37. The van der Waals surface area contributed by atoms with E-state index < -0.39 is 0 Å². The van der Waals surface area contributed by atoms with Crippen LogP contribution < -0.4 is 16.6 Å². The number of hydrogen-bond donors (Lipinski definition) is 3. The molecule has 2 rings (SSSR count). The van der Waals surface area contributed by atoms with E-state index in [2.05, 4.69) is 36.6 Å². The molecule has 6 nitrogen and oxygen atoms in total. The van der Waals surface area contributed by atoms with Crippen LogP contribution in [0.25, 0.3) is 0 Å². The molecule has 1 fully saturated rings. The summed E-state index contributed by atoms with van der Waals surface area (Å²) in [5.41, 5.74) is 2.49. The number of anilines is 2. The number of hydrogen-bond acceptors (Lipinski definition) is 6. The number of nitrogens with one attached hydrogen (secondary N) is 2. The Bertz CT molecular complexity index is 372. The number of hydrazine groups is 1. The van der Waals surface area contributed by atoms with E-state index in [-0.39, 0.29) is 0 Å². The molecule has 0 aromatic carbocycles. The molecule has 7 heteroatoms. The van der Waals surface area contributed by atoms with Crippen molar-refractivity contribution < 1.29 is 4.74 Å². The zero-order valence-corrected chi connectivity index (χ0v) is 11.0. The van der Waals surface area contributed by atoms with E-state index in [1.54, 1.807) is 0 Å². The first kappa shape index (κ1) is 12.5. The maximum absolute atomic E-state index is 5.51. The summed E-state index contributed by atoms with van der Waals surface area (Å²) in [7, 11) is 0. The third-order valence-electron chi connectivity index (χ3n) is 2.52. The lowest BCUT2D eigenvalue weighted by molar-refractivity contribution is 0.134. The van der Waals surface area contributed by atoms with Gasteiger partial charge in [-0.1, -0.05) is 0 Å². The minimum absolute atomic E-state index is 0.557. The molecule has 0 unspecified atom stereocenters. The molecule has 17 heavy (non-hydrogen) atoms. The fraction of sp³-hybridized carbons (Fsp3) is 0.600. The van der Waals surface area contributed by atoms with Crippen LogP contribution >= 0.6 is 15.9 Å². The second kappa shape index (κ2) is 6.13. The highest BCUT2D eigenvalue weighted by molar-refractivity contribution is 9.10. The number of ether oxygens (including phenoxy) is 1. The van der Waals surface area contributed by atoms with Gasteiger partial charge in [0.25, 0.3) is 0 Å². The fourth-order valence-corrected chi connectivity index (χ4v) is 1.83. The summed E-state index contributed by atoms with van der Waals surface area (Å²) in [4.78, 5) is 8.08. The van der Waals surface area contributed by atoms with Crippen molar-refractivity contribution in [2.24, 2.45) is 11.8 Å². The molecular weight excluding hydrogens is 286 g/mol. The Kier molecular flexibility index (Phi) is 4.52. The summed E-state index contributed by atoms with van der Waals surface area (Å²) in [5, 5.41) is 3.16. The Morgan fingerprint density at radius 2 is 2.18 bits per heavy atom. The van der Waals surface area contributed by atoms with Gasteiger partial charge in [-0.2, -0.15) is 0 Å². The Morgan fingerprint density at radius 1 is 1.41 bits per heavy atom. The van der Waals surface area contributed by atoms with E-state index in [1.165, 1.54) is 19.2 Å². The smallest absolute Gasteiger partial charge is 0.159 e. The van der Waals surface area contributed by atoms with Crippen LogP contribution in [0, 0.1) is 5.92 Å². The number of halogens is 1. The van der Waals surface area contributed by atoms with Crippen LogP contribution in [0.2, 0.25) is 0 Å². The molecule has 0 spiro atoms. The Morgan fingerprint density at radius 3 is 2.88 bits per heavy atom. The van der Waals surface area contributed by atoms with Gasteiger partial charge in [0.1, 0.15) is 16.6 Å². The Labute approximate surface area is 108 Å². The van der Waals surface area contributed by atoms with Gasteiger partial charge in [0, 0.05) is 13.2 Å². The third kappa shape index (κ3) is 3.79. The molecule has 1 heterocycles. The normalized spacial score (nSPS) is 14.7. The van der Waals surface area contributed by atoms with Gasteiger partial charge in [-0.05, 0) is 34.7 Å². The Balaban J connectivity index is 1.73. The standard InChI is InChI=1S/C10H16BrN5O/c11-8-9(14-6-15-10(8)16-12)13-3-4-17-5-7-1-2-7/h6-7H,1-5,12H2,(H2,13,14,15,16). The van der Waals surface area contributed by atoms with Gasteiger partial charge in [0.05, 0.1) is 6.61 Å². The van der Waals surface area contributed by atoms with Crippen molar-refractivity contribution in [3.63, 3.8) is 0 Å². The number of nitrogen functional groups attached to an aromatic ring is 1. The summed E-state index contributed by atoms with van der Waals surface area (Å²) in [5.74, 6) is 7.38. The molecule has 0 amide bonds. The van der Waals surface area contributed by atoms with Crippen molar-refractivity contribution in [1.82, 2.24) is 9.97 Å². The van der Waals surface area contributed by atoms with E-state index in [4.69, 9.17) is 10.6 Å². The van der Waals surface area contributed by atoms with Crippen LogP contribution in [0.15, 0.2) is 10.8 Å². The second-order valence-corrected chi connectivity index (χ2v) is 4.77. The molecule has 0 aliphatic heterocycles. The SMILES string of the molecule is NNc1ncnc(NCCOCC2CC2)c1Br. The average molecular weight is 302 g/mol. The molecule has 94 valence electrons. The number of nitrogens with zero attached hydrogens (tertiary/aromatic N) is 2. The van der Waals surface area contributed by atoms with Crippen LogP contribution in [-0.4, -0.2) is 29.7 Å². The number of rotatable bonds is 7. The van der Waals surface area contributed by atoms with Crippen molar-refractivity contribution in [2.75, 3.05) is 30.5 Å². The molecule has 0 saturated heterocycles. The van der Waals surface area contributed by atoms with Crippen LogP contribution in [0.5, 0.6) is 0 Å². The zero-order chi connectivity index (χ0) is 12.1. The van der Waals surface area contributed by atoms with Gasteiger partial charge in [-0.15, -0.1) is 0 Å². The molecule has 1 aliphatic rings. The van der Waals surface area contributed by atoms with E-state index in [1.807, 2.05) is 0 Å². The van der Waals surface area contributed by atoms with Gasteiger partial charge in [0.2, 0.25) is 0 Å². The Hall–Kier alpha value is -0.920. The summed E-state index contributed by atoms with van der Waals surface area (Å²) in [6, 6.07) is 0. The van der Waals surface area contributed by atoms with Gasteiger partial charge in [-0.25, -0.2) is 15.8 Å². The summed E-state index contributed by atoms with van der Waals surface area (Å²) in [6.07, 6.45) is 4.08. The first-order chi connectivity index (χ1) is 8.31. The van der Waals surface area contributed by atoms with Gasteiger partial charge in [0.15, 0.2) is 5.82 Å². The topological polar surface area (TPSA) is 85.1 Å². The molecule has 0 radical (unpaired) electrons. The van der Waals surface area contributed by atoms with Crippen molar-refractivity contribution in [1.29, 1.82) is 0 Å². The second-order valence-electron chi connectivity index (χ2n) is 3.97. The lowest BCUT2D eigenvalue weighted by Gasteiger charge is -2.09. The minimum Gasteiger partial charge on any atom is -0.379 e. The molecule has 4 N–H and O–H groups in total. The summed E-state index contributed by atoms with van der Waals surface area (Å²) < 4.78 is 6.24. The predicted octanol–water partition coefficient (Wildman–Crippen LogP) is 1.36. The minimum atomic E-state index is 0.557. The van der Waals surface area contributed by atoms with Gasteiger partial charge >= 0.3 is 0 Å². The zero-order valence-electron chi connectivity index (χ0n) is 9.45. The molecule has 1 aromatic heterocycles. The first-order valence-electron chi connectivity index (χ1n) is 5.60. The molecule has 1 aromatic rings. The van der Waals surface area contributed by atoms with E-state index in [9.17, 15) is 0 Å². The average Bonchev–Trinajstić information content (AvgIpc) is 3.15. The van der Waals surface area contributed by atoms with E-state index in [0.717, 1.165) is 17.0 Å². The van der Waals surface area contributed by atoms with Gasteiger partial charge in [-0.3, -0.25) is 0 Å². The molecular formula is C10H16BrN5O. The monoisotopic (exact) mass is 301 g/mol. The lowest BCUT2D eigenvalue weighted by Crippen LogP contribution is -2.14. The van der Waals surface area contributed by atoms with Gasteiger partial charge < -0.3 is 15.5 Å². The highest BCUT2D eigenvalue weighted by Crippen LogP contribution is 2.28. The van der Waals surface area contributed by atoms with Crippen molar-refractivity contribution in [3.05, 3.63) is 10.8 Å². The quantitative estimate of drug-likeness (QED) is 0.401. The maximum atomic E-state index is 5.51. The highest BCUT2D eigenvalue weighted by Gasteiger charge is 2.20. The molecule has 1 aliphatic carbocycles. The predicted molar refractivity (Wildman–Crippen MR) is 69.6 cm³/mol. The van der Waals surface area contributed by atoms with E-state index in [0.29, 0.717) is 24.8 Å². The van der Waals surface area contributed by atoms with E-state index >= 15 is 0 Å². The van der Waals surface area contributed by atoms with Crippen LogP contribution in [0.4, 0.5) is 11.6 Å². The molecule has 0 bridgehead atoms. The summed E-state index contributed by atoms with van der Waals surface area (Å²) >= 11 is 3.37. The lowest BCUT2D eigenvalue weighted by atomic mass is 10.5. The maximum Gasteiger partial charge on any atom is 0.159 e. The summed E-state index contributed by atoms with van der Waals surface area (Å²) in [6.45, 7) is 2.27.